The molecule has 0 unspecified atom stereocenters. The minimum atomic E-state index is -0.142. The van der Waals surface area contributed by atoms with Crippen LogP contribution in [0.5, 0.6) is 0 Å². The van der Waals surface area contributed by atoms with Crippen LogP contribution in [0.25, 0.3) is 5.69 Å². The zero-order valence-electron chi connectivity index (χ0n) is 13.2. The number of ketones is 1. The van der Waals surface area contributed by atoms with E-state index >= 15 is 0 Å². The fourth-order valence-corrected chi connectivity index (χ4v) is 4.10. The van der Waals surface area contributed by atoms with E-state index in [9.17, 15) is 4.79 Å². The van der Waals surface area contributed by atoms with Crippen LogP contribution >= 0.6 is 22.9 Å². The van der Waals surface area contributed by atoms with Gasteiger partial charge in [-0.3, -0.25) is 4.79 Å². The van der Waals surface area contributed by atoms with Crippen molar-refractivity contribution in [3.63, 3.8) is 0 Å². The van der Waals surface area contributed by atoms with Gasteiger partial charge in [-0.15, -0.1) is 0 Å². The standard InChI is InChI=1S/C18H15ClN2OS2/c1-10-7-11(2)9-21(8-10)15-14(20)17(24-18(15)23)16(22)12-3-5-13(19)6-4-12/h3-9H,1-2H3,(H2-,20,22,23). The topological polar surface area (TPSA) is 47.0 Å². The second-order valence-corrected chi connectivity index (χ2v) is 7.74. The zero-order chi connectivity index (χ0) is 17.4. The number of aryl methyl sites for hydroxylation is 2. The summed E-state index contributed by atoms with van der Waals surface area (Å²) < 4.78 is 2.50. The Bertz CT molecular complexity index is 913. The third-order valence-corrected chi connectivity index (χ3v) is 5.28. The lowest BCUT2D eigenvalue weighted by Crippen LogP contribution is -2.32. The number of nitrogens with two attached hydrogens (primary N) is 1. The van der Waals surface area contributed by atoms with E-state index in [1.807, 2.05) is 30.8 Å². The molecule has 0 aliphatic rings. The second-order valence-electron chi connectivity index (χ2n) is 5.61. The number of anilines is 1. The number of nitrogen functional groups attached to an aromatic ring is 1. The van der Waals surface area contributed by atoms with E-state index in [0.29, 0.717) is 31.0 Å². The van der Waals surface area contributed by atoms with Gasteiger partial charge >= 0.3 is 0 Å². The molecule has 6 heteroatoms. The van der Waals surface area contributed by atoms with Crippen molar-refractivity contribution in [3.8, 4) is 5.69 Å². The first kappa shape index (κ1) is 16.9. The number of halogens is 1. The number of thiophene rings is 1. The van der Waals surface area contributed by atoms with Crippen molar-refractivity contribution in [2.45, 2.75) is 18.1 Å². The maximum absolute atomic E-state index is 12.7. The number of rotatable bonds is 3. The highest BCUT2D eigenvalue weighted by Gasteiger charge is 2.21. The van der Waals surface area contributed by atoms with Gasteiger partial charge in [0.15, 0.2) is 18.2 Å². The summed E-state index contributed by atoms with van der Waals surface area (Å²) in [7, 11) is 0. The van der Waals surface area contributed by atoms with E-state index in [-0.39, 0.29) is 5.78 Å². The van der Waals surface area contributed by atoms with Crippen LogP contribution in [0.2, 0.25) is 5.02 Å². The summed E-state index contributed by atoms with van der Waals surface area (Å²) in [6.07, 6.45) is 3.91. The van der Waals surface area contributed by atoms with Gasteiger partial charge in [0.1, 0.15) is 5.69 Å². The van der Waals surface area contributed by atoms with Crippen LogP contribution in [0, 0.1) is 13.8 Å². The lowest BCUT2D eigenvalue weighted by Gasteiger charge is -2.04. The molecule has 3 rings (SSSR count). The molecule has 0 bridgehead atoms. The molecule has 3 aromatic rings. The molecule has 2 N–H and O–H groups in total. The van der Waals surface area contributed by atoms with Crippen molar-refractivity contribution in [1.29, 1.82) is 0 Å². The van der Waals surface area contributed by atoms with Crippen molar-refractivity contribution >= 4 is 47.0 Å². The third-order valence-electron chi connectivity index (χ3n) is 3.60. The number of carbonyl (C=O) groups excluding carboxylic acids is 1. The molecule has 0 amide bonds. The molecule has 122 valence electrons. The molecule has 0 spiro atoms. The number of benzene rings is 1. The van der Waals surface area contributed by atoms with Crippen LogP contribution in [0.4, 0.5) is 5.69 Å². The Kier molecular flexibility index (Phi) is 4.58. The Morgan fingerprint density at radius 3 is 2.33 bits per heavy atom. The van der Waals surface area contributed by atoms with Gasteiger partial charge in [0.2, 0.25) is 5.69 Å². The number of hydrogen-bond donors (Lipinski definition) is 1. The number of nitrogens with zero attached hydrogens (tertiary/aromatic N) is 1. The fraction of sp³-hybridized carbons (Fsp3) is 0.111. The Hall–Kier alpha value is -1.95. The molecule has 0 aliphatic heterocycles. The molecular weight excluding hydrogens is 360 g/mol. The summed E-state index contributed by atoms with van der Waals surface area (Å²) in [4.78, 5) is 13.2. The predicted molar refractivity (Wildman–Crippen MR) is 100 cm³/mol. The number of aromatic nitrogens is 1. The van der Waals surface area contributed by atoms with Crippen LogP contribution in [0.3, 0.4) is 0 Å². The van der Waals surface area contributed by atoms with Gasteiger partial charge in [-0.1, -0.05) is 11.6 Å². The first-order valence-corrected chi connectivity index (χ1v) is 8.86. The van der Waals surface area contributed by atoms with Gasteiger partial charge in [0.25, 0.3) is 0 Å². The maximum Gasteiger partial charge on any atom is 0.222 e. The quantitative estimate of drug-likeness (QED) is 0.428. The van der Waals surface area contributed by atoms with Gasteiger partial charge < -0.3 is 29.7 Å². The molecule has 24 heavy (non-hydrogen) atoms. The molecule has 0 saturated carbocycles. The predicted octanol–water partition coefficient (Wildman–Crippen LogP) is 4.01. The molecule has 0 aliphatic carbocycles. The van der Waals surface area contributed by atoms with Crippen LogP contribution in [0.15, 0.2) is 46.9 Å². The molecule has 0 radical (unpaired) electrons. The van der Waals surface area contributed by atoms with Crippen molar-refractivity contribution < 1.29 is 9.36 Å². The van der Waals surface area contributed by atoms with E-state index in [4.69, 9.17) is 30.0 Å². The van der Waals surface area contributed by atoms with Crippen molar-refractivity contribution in [2.75, 3.05) is 5.73 Å². The van der Waals surface area contributed by atoms with Crippen LogP contribution in [-0.2, 0) is 12.6 Å². The Morgan fingerprint density at radius 2 is 1.75 bits per heavy atom. The van der Waals surface area contributed by atoms with E-state index in [0.717, 1.165) is 11.1 Å². The first-order chi connectivity index (χ1) is 11.4. The highest BCUT2D eigenvalue weighted by atomic mass is 35.5. The number of hydrogen-bond acceptors (Lipinski definition) is 4. The van der Waals surface area contributed by atoms with E-state index in [2.05, 4.69) is 6.07 Å². The summed E-state index contributed by atoms with van der Waals surface area (Å²) in [6, 6.07) is 8.83. The molecule has 0 atom stereocenters. The number of carbonyl (C=O) groups is 1. The minimum absolute atomic E-state index is 0.142. The van der Waals surface area contributed by atoms with Gasteiger partial charge in [-0.05, 0) is 48.4 Å². The van der Waals surface area contributed by atoms with Gasteiger partial charge in [-0.2, -0.15) is 4.57 Å². The zero-order valence-corrected chi connectivity index (χ0v) is 15.6. The van der Waals surface area contributed by atoms with Crippen LogP contribution in [0.1, 0.15) is 26.4 Å². The van der Waals surface area contributed by atoms with Gasteiger partial charge in [-0.25, -0.2) is 0 Å². The monoisotopic (exact) mass is 374 g/mol. The summed E-state index contributed by atoms with van der Waals surface area (Å²) in [5.74, 6) is -0.142. The lowest BCUT2D eigenvalue weighted by molar-refractivity contribution is -0.597. The van der Waals surface area contributed by atoms with Crippen molar-refractivity contribution in [2.24, 2.45) is 0 Å². The molecule has 0 fully saturated rings. The molecule has 3 nitrogen and oxygen atoms in total. The van der Waals surface area contributed by atoms with Crippen LogP contribution in [-0.4, -0.2) is 5.78 Å². The minimum Gasteiger partial charge on any atom is -0.421 e. The van der Waals surface area contributed by atoms with Crippen LogP contribution < -0.4 is 10.3 Å². The van der Waals surface area contributed by atoms with E-state index < -0.39 is 0 Å². The largest absolute Gasteiger partial charge is 0.421 e. The molecular formula is C18H15ClN2OS2. The fourth-order valence-electron chi connectivity index (χ4n) is 2.60. The summed E-state index contributed by atoms with van der Waals surface area (Å²) in [5, 5.41) is 0.584. The Morgan fingerprint density at radius 1 is 1.17 bits per heavy atom. The summed E-state index contributed by atoms with van der Waals surface area (Å²) in [6.45, 7) is 4.02. The third kappa shape index (κ3) is 3.15. The van der Waals surface area contributed by atoms with Gasteiger partial charge in [0, 0.05) is 26.6 Å². The number of pyridine rings is 1. The molecule has 0 saturated heterocycles. The van der Waals surface area contributed by atoms with Crippen molar-refractivity contribution in [3.05, 3.63) is 69.3 Å². The highest BCUT2D eigenvalue weighted by molar-refractivity contribution is 7.63. The maximum atomic E-state index is 12.7. The van der Waals surface area contributed by atoms with E-state index in [1.54, 1.807) is 24.3 Å². The second kappa shape index (κ2) is 6.51. The first-order valence-electron chi connectivity index (χ1n) is 7.26. The summed E-state index contributed by atoms with van der Waals surface area (Å²) >= 11 is 12.6. The molecule has 2 aromatic heterocycles. The molecule has 2 heterocycles. The molecule has 1 aromatic carbocycles. The average molecular weight is 375 g/mol. The normalized spacial score (nSPS) is 10.8. The SMILES string of the molecule is Cc1cc(C)c[n+](-c2c([S-])sc(C(=O)c3ccc(Cl)cc3)c2N)c1. The lowest BCUT2D eigenvalue weighted by atomic mass is 10.1. The smallest absolute Gasteiger partial charge is 0.222 e. The highest BCUT2D eigenvalue weighted by Crippen LogP contribution is 2.33. The average Bonchev–Trinajstić information content (AvgIpc) is 2.81. The Labute approximate surface area is 155 Å². The summed E-state index contributed by atoms with van der Waals surface area (Å²) in [5.41, 5.74) is 10.1. The Balaban J connectivity index is 2.09. The van der Waals surface area contributed by atoms with Gasteiger partial charge in [0.05, 0.1) is 0 Å². The van der Waals surface area contributed by atoms with Crippen molar-refractivity contribution in [1.82, 2.24) is 0 Å². The van der Waals surface area contributed by atoms with E-state index in [1.165, 1.54) is 11.3 Å².